The van der Waals surface area contributed by atoms with Gasteiger partial charge in [-0.25, -0.2) is 0 Å². The summed E-state index contributed by atoms with van der Waals surface area (Å²) in [6.07, 6.45) is 6.45. The smallest absolute Gasteiger partial charge is 0.120 e. The van der Waals surface area contributed by atoms with Crippen LogP contribution in [-0.2, 0) is 11.2 Å². The van der Waals surface area contributed by atoms with Crippen LogP contribution in [0.1, 0.15) is 65.9 Å². The summed E-state index contributed by atoms with van der Waals surface area (Å²) in [6, 6.07) is 10.7. The van der Waals surface area contributed by atoms with E-state index in [-0.39, 0.29) is 5.41 Å². The van der Waals surface area contributed by atoms with Crippen LogP contribution in [0.25, 0.3) is 0 Å². The zero-order valence-electron chi connectivity index (χ0n) is 14.5. The highest BCUT2D eigenvalue weighted by atomic mass is 16.1. The molecule has 0 saturated heterocycles. The van der Waals surface area contributed by atoms with Crippen molar-refractivity contribution in [1.82, 2.24) is 0 Å². The van der Waals surface area contributed by atoms with Gasteiger partial charge in [0.25, 0.3) is 0 Å². The van der Waals surface area contributed by atoms with Crippen molar-refractivity contribution in [3.63, 3.8) is 0 Å². The van der Waals surface area contributed by atoms with E-state index in [1.807, 2.05) is 0 Å². The molecule has 118 valence electrons. The largest absolute Gasteiger partial charge is 0.303 e. The van der Waals surface area contributed by atoms with Gasteiger partial charge in [-0.1, -0.05) is 65.0 Å². The Hall–Kier alpha value is -1.11. The number of carbonyl (C=O) groups is 1. The van der Waals surface area contributed by atoms with Crippen molar-refractivity contribution in [3.8, 4) is 0 Å². The summed E-state index contributed by atoms with van der Waals surface area (Å²) in [5.74, 6) is 0.599. The maximum Gasteiger partial charge on any atom is 0.120 e. The van der Waals surface area contributed by atoms with Crippen LogP contribution in [-0.4, -0.2) is 6.29 Å². The minimum atomic E-state index is 0.0990. The van der Waals surface area contributed by atoms with Gasteiger partial charge in [-0.2, -0.15) is 0 Å². The molecule has 21 heavy (non-hydrogen) atoms. The Kier molecular flexibility index (Phi) is 6.64. The molecule has 0 saturated carbocycles. The van der Waals surface area contributed by atoms with Crippen LogP contribution in [0.4, 0.5) is 0 Å². The number of aryl methyl sites for hydroxylation is 1. The maximum absolute atomic E-state index is 11.0. The normalized spacial score (nSPS) is 14.0. The first-order chi connectivity index (χ1) is 9.74. The summed E-state index contributed by atoms with van der Waals surface area (Å²) in [4.78, 5) is 11.0. The van der Waals surface area contributed by atoms with E-state index in [4.69, 9.17) is 0 Å². The van der Waals surface area contributed by atoms with Crippen LogP contribution >= 0.6 is 0 Å². The van der Waals surface area contributed by atoms with Crippen molar-refractivity contribution >= 4 is 6.29 Å². The fraction of sp³-hybridized carbons (Fsp3) is 0.650. The minimum Gasteiger partial charge on any atom is -0.303 e. The van der Waals surface area contributed by atoms with E-state index in [0.717, 1.165) is 12.7 Å². The molecular formula is C20H32O. The van der Waals surface area contributed by atoms with Crippen LogP contribution in [0.2, 0.25) is 0 Å². The second kappa shape index (κ2) is 7.77. The number of hydrogen-bond acceptors (Lipinski definition) is 1. The van der Waals surface area contributed by atoms with Gasteiger partial charge in [0.05, 0.1) is 0 Å². The van der Waals surface area contributed by atoms with Crippen LogP contribution in [0.5, 0.6) is 0 Å². The topological polar surface area (TPSA) is 17.1 Å². The van der Waals surface area contributed by atoms with Gasteiger partial charge in [-0.3, -0.25) is 0 Å². The van der Waals surface area contributed by atoms with Crippen LogP contribution in [0, 0.1) is 16.7 Å². The maximum atomic E-state index is 11.0. The Balaban J connectivity index is 2.69. The Morgan fingerprint density at radius 1 is 1.00 bits per heavy atom. The third-order valence-corrected chi connectivity index (χ3v) is 4.58. The predicted octanol–water partition coefficient (Wildman–Crippen LogP) is 5.68. The first kappa shape index (κ1) is 17.9. The lowest BCUT2D eigenvalue weighted by Gasteiger charge is -2.35. The number of aldehydes is 1. The molecule has 0 spiro atoms. The fourth-order valence-electron chi connectivity index (χ4n) is 2.90. The van der Waals surface area contributed by atoms with Crippen molar-refractivity contribution in [3.05, 3.63) is 35.9 Å². The van der Waals surface area contributed by atoms with E-state index in [0.29, 0.717) is 17.8 Å². The average Bonchev–Trinajstić information content (AvgIpc) is 2.38. The molecule has 0 aliphatic heterocycles. The van der Waals surface area contributed by atoms with Crippen molar-refractivity contribution in [2.24, 2.45) is 16.7 Å². The Bertz CT molecular complexity index is 411. The molecule has 1 heteroatoms. The Morgan fingerprint density at radius 3 is 2.14 bits per heavy atom. The molecule has 1 aromatic rings. The average molecular weight is 288 g/mol. The van der Waals surface area contributed by atoms with Gasteiger partial charge < -0.3 is 4.79 Å². The fourth-order valence-corrected chi connectivity index (χ4v) is 2.90. The highest BCUT2D eigenvalue weighted by molar-refractivity contribution is 5.50. The van der Waals surface area contributed by atoms with E-state index >= 15 is 0 Å². The summed E-state index contributed by atoms with van der Waals surface area (Å²) < 4.78 is 0. The van der Waals surface area contributed by atoms with Gasteiger partial charge in [0.1, 0.15) is 6.29 Å². The summed E-state index contributed by atoms with van der Waals surface area (Å²) in [6.45, 7) is 11.4. The van der Waals surface area contributed by atoms with E-state index in [1.54, 1.807) is 0 Å². The molecule has 0 fully saturated rings. The number of carbonyl (C=O) groups excluding carboxylic acids is 1. The third kappa shape index (κ3) is 6.93. The van der Waals surface area contributed by atoms with Gasteiger partial charge in [0.2, 0.25) is 0 Å². The molecule has 0 aliphatic rings. The highest BCUT2D eigenvalue weighted by Crippen LogP contribution is 2.38. The van der Waals surface area contributed by atoms with E-state index in [1.165, 1.54) is 24.8 Å². The van der Waals surface area contributed by atoms with Gasteiger partial charge >= 0.3 is 0 Å². The predicted molar refractivity (Wildman–Crippen MR) is 91.4 cm³/mol. The standard InChI is InChI=1S/C20H32O/c1-19(2,3)14-13-18(20(4,5)15-16-21)12-11-17-9-7-6-8-10-17/h6-10,16,18H,11-15H2,1-5H3. The van der Waals surface area contributed by atoms with Crippen molar-refractivity contribution in [1.29, 1.82) is 0 Å². The molecule has 0 heterocycles. The molecule has 1 aromatic carbocycles. The van der Waals surface area contributed by atoms with Crippen molar-refractivity contribution < 1.29 is 4.79 Å². The molecule has 1 unspecified atom stereocenters. The molecule has 0 aromatic heterocycles. The molecule has 1 atom stereocenters. The molecule has 1 rings (SSSR count). The van der Waals surface area contributed by atoms with E-state index in [9.17, 15) is 4.79 Å². The van der Waals surface area contributed by atoms with E-state index < -0.39 is 0 Å². The number of rotatable bonds is 8. The molecule has 1 nitrogen and oxygen atoms in total. The second-order valence-corrected chi connectivity index (χ2v) is 8.18. The molecule has 0 aliphatic carbocycles. The monoisotopic (exact) mass is 288 g/mol. The SMILES string of the molecule is CC(C)(C)CCC(CCc1ccccc1)C(C)(C)CC=O. The summed E-state index contributed by atoms with van der Waals surface area (Å²) >= 11 is 0. The first-order valence-corrected chi connectivity index (χ1v) is 8.22. The lowest BCUT2D eigenvalue weighted by molar-refractivity contribution is -0.110. The number of benzene rings is 1. The van der Waals surface area contributed by atoms with Gasteiger partial charge in [-0.15, -0.1) is 0 Å². The van der Waals surface area contributed by atoms with Crippen LogP contribution < -0.4 is 0 Å². The Labute approximate surface area is 131 Å². The molecule has 0 N–H and O–H groups in total. The quantitative estimate of drug-likeness (QED) is 0.563. The highest BCUT2D eigenvalue weighted by Gasteiger charge is 2.29. The molecule has 0 radical (unpaired) electrons. The first-order valence-electron chi connectivity index (χ1n) is 8.22. The molecule has 0 bridgehead atoms. The zero-order valence-corrected chi connectivity index (χ0v) is 14.5. The van der Waals surface area contributed by atoms with E-state index in [2.05, 4.69) is 65.0 Å². The van der Waals surface area contributed by atoms with Crippen molar-refractivity contribution in [2.45, 2.75) is 66.7 Å². The molecule has 0 amide bonds. The van der Waals surface area contributed by atoms with Gasteiger partial charge in [0, 0.05) is 6.42 Å². The minimum absolute atomic E-state index is 0.0990. The summed E-state index contributed by atoms with van der Waals surface area (Å²) in [7, 11) is 0. The Morgan fingerprint density at radius 2 is 1.62 bits per heavy atom. The summed E-state index contributed by atoms with van der Waals surface area (Å²) in [5, 5.41) is 0. The van der Waals surface area contributed by atoms with Crippen LogP contribution in [0.15, 0.2) is 30.3 Å². The van der Waals surface area contributed by atoms with Crippen molar-refractivity contribution in [2.75, 3.05) is 0 Å². The molecular weight excluding hydrogens is 256 g/mol. The van der Waals surface area contributed by atoms with Gasteiger partial charge in [-0.05, 0) is 48.0 Å². The lowest BCUT2D eigenvalue weighted by atomic mass is 9.70. The lowest BCUT2D eigenvalue weighted by Crippen LogP contribution is -2.26. The van der Waals surface area contributed by atoms with Gasteiger partial charge in [0.15, 0.2) is 0 Å². The zero-order chi connectivity index (χ0) is 15.9. The number of hydrogen-bond donors (Lipinski definition) is 0. The summed E-state index contributed by atoms with van der Waals surface area (Å²) in [5.41, 5.74) is 1.87. The third-order valence-electron chi connectivity index (χ3n) is 4.58. The van der Waals surface area contributed by atoms with Crippen LogP contribution in [0.3, 0.4) is 0 Å². The second-order valence-electron chi connectivity index (χ2n) is 8.18.